The number of rotatable bonds is 5. The molecule has 0 aliphatic rings. The van der Waals surface area contributed by atoms with Gasteiger partial charge in [-0.05, 0) is 30.0 Å². The second kappa shape index (κ2) is 7.16. The van der Waals surface area contributed by atoms with Gasteiger partial charge in [0.05, 0.1) is 10.0 Å². The Hall–Kier alpha value is -0.730. The first-order valence-corrected chi connectivity index (χ1v) is 7.31. The van der Waals surface area contributed by atoms with E-state index in [9.17, 15) is 4.79 Å². The molecule has 0 bridgehead atoms. The van der Waals surface area contributed by atoms with Crippen molar-refractivity contribution < 1.29 is 4.79 Å². The van der Waals surface area contributed by atoms with Crippen molar-refractivity contribution in [3.05, 3.63) is 33.8 Å². The summed E-state index contributed by atoms with van der Waals surface area (Å²) in [6, 6.07) is 5.03. The molecule has 106 valence electrons. The topological polar surface area (TPSA) is 20.3 Å². The Labute approximate surface area is 125 Å². The van der Waals surface area contributed by atoms with Crippen LogP contribution in [0.15, 0.2) is 18.2 Å². The Morgan fingerprint density at radius 3 is 2.00 bits per heavy atom. The standard InChI is InChI=1S/C15H21Cl2NO/c1-10(2)8-18(9-11(3)4)15(19)12-5-6-13(16)14(17)7-12/h5-7,10-11H,8-9H2,1-4H3. The lowest BCUT2D eigenvalue weighted by molar-refractivity contribution is 0.0715. The molecule has 19 heavy (non-hydrogen) atoms. The fourth-order valence-electron chi connectivity index (χ4n) is 1.93. The van der Waals surface area contributed by atoms with Crippen LogP contribution in [0.25, 0.3) is 0 Å². The molecule has 0 N–H and O–H groups in total. The van der Waals surface area contributed by atoms with Crippen molar-refractivity contribution in [3.8, 4) is 0 Å². The van der Waals surface area contributed by atoms with Gasteiger partial charge in [-0.25, -0.2) is 0 Å². The van der Waals surface area contributed by atoms with Gasteiger partial charge in [0.15, 0.2) is 0 Å². The summed E-state index contributed by atoms with van der Waals surface area (Å²) in [4.78, 5) is 14.4. The molecule has 0 unspecified atom stereocenters. The number of carbonyl (C=O) groups is 1. The van der Waals surface area contributed by atoms with Gasteiger partial charge in [0, 0.05) is 18.7 Å². The Morgan fingerprint density at radius 2 is 1.58 bits per heavy atom. The average molecular weight is 302 g/mol. The van der Waals surface area contributed by atoms with Crippen LogP contribution >= 0.6 is 23.2 Å². The van der Waals surface area contributed by atoms with Crippen LogP contribution in [-0.4, -0.2) is 23.9 Å². The van der Waals surface area contributed by atoms with Crippen LogP contribution in [0, 0.1) is 11.8 Å². The van der Waals surface area contributed by atoms with Crippen LogP contribution in [0.5, 0.6) is 0 Å². The van der Waals surface area contributed by atoms with Crippen molar-refractivity contribution in [3.63, 3.8) is 0 Å². The van der Waals surface area contributed by atoms with Crippen molar-refractivity contribution in [2.45, 2.75) is 27.7 Å². The molecular weight excluding hydrogens is 281 g/mol. The summed E-state index contributed by atoms with van der Waals surface area (Å²) in [6.07, 6.45) is 0. The highest BCUT2D eigenvalue weighted by molar-refractivity contribution is 6.42. The second-order valence-corrected chi connectivity index (χ2v) is 6.44. The molecule has 0 saturated heterocycles. The predicted octanol–water partition coefficient (Wildman–Crippen LogP) is 4.75. The fraction of sp³-hybridized carbons (Fsp3) is 0.533. The van der Waals surface area contributed by atoms with E-state index >= 15 is 0 Å². The monoisotopic (exact) mass is 301 g/mol. The van der Waals surface area contributed by atoms with Crippen molar-refractivity contribution in [1.29, 1.82) is 0 Å². The third kappa shape index (κ3) is 5.04. The van der Waals surface area contributed by atoms with Gasteiger partial charge in [-0.3, -0.25) is 4.79 Å². The molecule has 0 atom stereocenters. The molecule has 2 nitrogen and oxygen atoms in total. The first-order valence-electron chi connectivity index (χ1n) is 6.55. The lowest BCUT2D eigenvalue weighted by atomic mass is 10.1. The summed E-state index contributed by atoms with van der Waals surface area (Å²) in [7, 11) is 0. The van der Waals surface area contributed by atoms with Gasteiger partial charge in [-0.15, -0.1) is 0 Å². The maximum absolute atomic E-state index is 12.5. The van der Waals surface area contributed by atoms with Gasteiger partial charge >= 0.3 is 0 Å². The SMILES string of the molecule is CC(C)CN(CC(C)C)C(=O)c1ccc(Cl)c(Cl)c1. The Bertz CT molecular complexity index is 434. The molecule has 0 aliphatic carbocycles. The lowest BCUT2D eigenvalue weighted by Gasteiger charge is -2.26. The van der Waals surface area contributed by atoms with E-state index in [1.165, 1.54) is 0 Å². The van der Waals surface area contributed by atoms with Crippen molar-refractivity contribution in [1.82, 2.24) is 4.90 Å². The van der Waals surface area contributed by atoms with E-state index in [0.29, 0.717) is 27.4 Å². The second-order valence-electron chi connectivity index (χ2n) is 5.63. The minimum absolute atomic E-state index is 0.0148. The number of nitrogens with zero attached hydrogens (tertiary/aromatic N) is 1. The lowest BCUT2D eigenvalue weighted by Crippen LogP contribution is -2.37. The molecule has 0 fully saturated rings. The molecular formula is C15H21Cl2NO. The van der Waals surface area contributed by atoms with E-state index in [2.05, 4.69) is 27.7 Å². The number of hydrogen-bond donors (Lipinski definition) is 0. The third-order valence-corrected chi connectivity index (χ3v) is 3.36. The van der Waals surface area contributed by atoms with Gasteiger partial charge < -0.3 is 4.90 Å². The van der Waals surface area contributed by atoms with Crippen molar-refractivity contribution >= 4 is 29.1 Å². The fourth-order valence-corrected chi connectivity index (χ4v) is 2.23. The largest absolute Gasteiger partial charge is 0.338 e. The molecule has 0 aromatic heterocycles. The van der Waals surface area contributed by atoms with Gasteiger partial charge in [0.2, 0.25) is 0 Å². The zero-order chi connectivity index (χ0) is 14.6. The summed E-state index contributed by atoms with van der Waals surface area (Å²) < 4.78 is 0. The maximum atomic E-state index is 12.5. The normalized spacial score (nSPS) is 11.2. The van der Waals surface area contributed by atoms with Crippen molar-refractivity contribution in [2.24, 2.45) is 11.8 Å². The summed E-state index contributed by atoms with van der Waals surface area (Å²) in [5, 5.41) is 0.888. The highest BCUT2D eigenvalue weighted by Crippen LogP contribution is 2.23. The zero-order valence-electron chi connectivity index (χ0n) is 11.9. The molecule has 1 aromatic rings. The van der Waals surface area contributed by atoms with Crippen LogP contribution in [0.2, 0.25) is 10.0 Å². The highest BCUT2D eigenvalue weighted by Gasteiger charge is 2.18. The smallest absolute Gasteiger partial charge is 0.253 e. The molecule has 0 spiro atoms. The summed E-state index contributed by atoms with van der Waals surface area (Å²) in [5.41, 5.74) is 0.593. The van der Waals surface area contributed by atoms with E-state index in [-0.39, 0.29) is 5.91 Å². The van der Waals surface area contributed by atoms with Gasteiger partial charge in [-0.2, -0.15) is 0 Å². The Balaban J connectivity index is 2.94. The van der Waals surface area contributed by atoms with Crippen molar-refractivity contribution in [2.75, 3.05) is 13.1 Å². The molecule has 0 aliphatic heterocycles. The van der Waals surface area contributed by atoms with E-state index in [0.717, 1.165) is 13.1 Å². The van der Waals surface area contributed by atoms with Crippen LogP contribution in [0.3, 0.4) is 0 Å². The average Bonchev–Trinajstić information content (AvgIpc) is 2.29. The van der Waals surface area contributed by atoms with E-state index in [1.54, 1.807) is 18.2 Å². The molecule has 4 heteroatoms. The molecule has 1 amide bonds. The Morgan fingerprint density at radius 1 is 1.05 bits per heavy atom. The van der Waals surface area contributed by atoms with Gasteiger partial charge in [0.25, 0.3) is 5.91 Å². The molecule has 0 heterocycles. The minimum atomic E-state index is 0.0148. The number of benzene rings is 1. The quantitative estimate of drug-likeness (QED) is 0.768. The Kier molecular flexibility index (Phi) is 6.15. The number of amides is 1. The third-order valence-electron chi connectivity index (χ3n) is 2.62. The first kappa shape index (κ1) is 16.3. The summed E-state index contributed by atoms with van der Waals surface area (Å²) in [5.74, 6) is 0.886. The van der Waals surface area contributed by atoms with Crippen LogP contribution in [0.4, 0.5) is 0 Å². The van der Waals surface area contributed by atoms with Crippen LogP contribution in [-0.2, 0) is 0 Å². The molecule has 1 aromatic carbocycles. The predicted molar refractivity (Wildman–Crippen MR) is 82.0 cm³/mol. The van der Waals surface area contributed by atoms with E-state index in [4.69, 9.17) is 23.2 Å². The highest BCUT2D eigenvalue weighted by atomic mass is 35.5. The molecule has 0 saturated carbocycles. The van der Waals surface area contributed by atoms with Crippen LogP contribution in [0.1, 0.15) is 38.1 Å². The summed E-state index contributed by atoms with van der Waals surface area (Å²) >= 11 is 11.8. The molecule has 0 radical (unpaired) electrons. The summed E-state index contributed by atoms with van der Waals surface area (Å²) in [6.45, 7) is 9.92. The number of hydrogen-bond acceptors (Lipinski definition) is 1. The zero-order valence-corrected chi connectivity index (χ0v) is 13.4. The number of carbonyl (C=O) groups excluding carboxylic acids is 1. The molecule has 1 rings (SSSR count). The maximum Gasteiger partial charge on any atom is 0.253 e. The number of halogens is 2. The van der Waals surface area contributed by atoms with E-state index < -0.39 is 0 Å². The van der Waals surface area contributed by atoms with Gasteiger partial charge in [0.1, 0.15) is 0 Å². The van der Waals surface area contributed by atoms with Crippen LogP contribution < -0.4 is 0 Å². The minimum Gasteiger partial charge on any atom is -0.338 e. The first-order chi connectivity index (χ1) is 8.81. The van der Waals surface area contributed by atoms with Gasteiger partial charge in [-0.1, -0.05) is 50.9 Å². The van der Waals surface area contributed by atoms with E-state index in [1.807, 2.05) is 4.90 Å².